The number of fused-ring (bicyclic) bond motifs is 1. The quantitative estimate of drug-likeness (QED) is 0.418. The molecule has 0 amide bonds. The number of aliphatic hydroxyl groups is 2. The lowest BCUT2D eigenvalue weighted by atomic mass is 10.0. The van der Waals surface area contributed by atoms with Crippen LogP contribution >= 0.6 is 11.6 Å². The van der Waals surface area contributed by atoms with Crippen LogP contribution in [0.4, 0.5) is 10.1 Å². The van der Waals surface area contributed by atoms with Gasteiger partial charge >= 0.3 is 0 Å². The normalized spacial score (nSPS) is 13.6. The Labute approximate surface area is 171 Å². The van der Waals surface area contributed by atoms with Crippen LogP contribution in [0.5, 0.6) is 0 Å². The number of nitrogens with zero attached hydrogens (tertiary/aromatic N) is 2. The summed E-state index contributed by atoms with van der Waals surface area (Å²) < 4.78 is 13.4. The fourth-order valence-electron chi connectivity index (χ4n) is 3.25. The Balaban J connectivity index is 1.92. The van der Waals surface area contributed by atoms with Gasteiger partial charge in [0.15, 0.2) is 6.35 Å². The molecule has 0 aliphatic rings. The molecule has 0 saturated carbocycles. The van der Waals surface area contributed by atoms with Crippen molar-refractivity contribution in [2.24, 2.45) is 0 Å². The highest BCUT2D eigenvalue weighted by atomic mass is 35.5. The van der Waals surface area contributed by atoms with Crippen molar-refractivity contribution in [1.82, 2.24) is 14.9 Å². The number of aromatic nitrogens is 2. The zero-order valence-electron chi connectivity index (χ0n) is 15.8. The molecule has 154 valence electrons. The molecule has 0 aliphatic carbocycles. The summed E-state index contributed by atoms with van der Waals surface area (Å²) in [6.45, 7) is 2.20. The molecule has 0 bridgehead atoms. The summed E-state index contributed by atoms with van der Waals surface area (Å²) >= 11 is 5.82. The molecule has 3 aromatic rings. The molecular formula is C20H22ClFN4O3. The van der Waals surface area contributed by atoms with Crippen LogP contribution in [0.1, 0.15) is 24.9 Å². The molecule has 0 spiro atoms. The molecule has 2 atom stereocenters. The van der Waals surface area contributed by atoms with Gasteiger partial charge in [0.25, 0.3) is 5.56 Å². The minimum Gasteiger partial charge on any atom is -0.396 e. The Morgan fingerprint density at radius 3 is 2.86 bits per heavy atom. The van der Waals surface area contributed by atoms with Gasteiger partial charge in [-0.2, -0.15) is 0 Å². The van der Waals surface area contributed by atoms with Crippen LogP contribution < -0.4 is 10.9 Å². The number of anilines is 1. The summed E-state index contributed by atoms with van der Waals surface area (Å²) in [5.74, 6) is -0.550. The largest absolute Gasteiger partial charge is 0.396 e. The highest BCUT2D eigenvalue weighted by molar-refractivity contribution is 6.31. The predicted molar refractivity (Wildman–Crippen MR) is 110 cm³/mol. The molecule has 3 rings (SSSR count). The van der Waals surface area contributed by atoms with Gasteiger partial charge in [-0.1, -0.05) is 11.6 Å². The first-order valence-electron chi connectivity index (χ1n) is 9.14. The smallest absolute Gasteiger partial charge is 0.257 e. The molecule has 9 heteroatoms. The maximum Gasteiger partial charge on any atom is 0.257 e. The second kappa shape index (κ2) is 9.32. The van der Waals surface area contributed by atoms with E-state index in [4.69, 9.17) is 11.6 Å². The van der Waals surface area contributed by atoms with Crippen molar-refractivity contribution in [2.45, 2.75) is 25.7 Å². The first-order valence-corrected chi connectivity index (χ1v) is 9.51. The number of pyridine rings is 2. The van der Waals surface area contributed by atoms with Gasteiger partial charge in [0.2, 0.25) is 0 Å². The number of hydrogen-bond donors (Lipinski definition) is 4. The maximum absolute atomic E-state index is 13.4. The van der Waals surface area contributed by atoms with Crippen molar-refractivity contribution in [3.8, 4) is 0 Å². The Morgan fingerprint density at radius 1 is 1.34 bits per heavy atom. The van der Waals surface area contributed by atoms with Gasteiger partial charge in [-0.3, -0.25) is 14.7 Å². The molecule has 7 nitrogen and oxygen atoms in total. The summed E-state index contributed by atoms with van der Waals surface area (Å²) in [5.41, 5.74) is 0.990. The fourth-order valence-corrected chi connectivity index (χ4v) is 3.43. The summed E-state index contributed by atoms with van der Waals surface area (Å²) in [6.07, 6.45) is 3.99. The average molecular weight is 421 g/mol. The number of benzene rings is 1. The number of hydrogen-bond acceptors (Lipinski definition) is 6. The fraction of sp³-hybridized carbons (Fsp3) is 0.300. The lowest BCUT2D eigenvalue weighted by Gasteiger charge is -2.34. The Bertz CT molecular complexity index is 1050. The van der Waals surface area contributed by atoms with E-state index in [9.17, 15) is 19.4 Å². The van der Waals surface area contributed by atoms with E-state index >= 15 is 0 Å². The third kappa shape index (κ3) is 4.73. The van der Waals surface area contributed by atoms with E-state index in [-0.39, 0.29) is 23.2 Å². The number of aromatic amines is 1. The van der Waals surface area contributed by atoms with Crippen LogP contribution in [-0.2, 0) is 0 Å². The molecular weight excluding hydrogens is 399 g/mol. The third-order valence-corrected chi connectivity index (χ3v) is 5.08. The number of halogens is 2. The third-order valence-electron chi connectivity index (χ3n) is 4.79. The molecule has 2 aromatic heterocycles. The molecule has 4 N–H and O–H groups in total. The lowest BCUT2D eigenvalue weighted by molar-refractivity contribution is -0.00411. The first-order chi connectivity index (χ1) is 13.9. The van der Waals surface area contributed by atoms with Gasteiger partial charge in [0.05, 0.1) is 10.4 Å². The van der Waals surface area contributed by atoms with E-state index in [1.165, 1.54) is 24.4 Å². The topological polar surface area (TPSA) is 101 Å². The summed E-state index contributed by atoms with van der Waals surface area (Å²) in [6, 6.07) is 5.49. The van der Waals surface area contributed by atoms with Gasteiger partial charge in [-0.05, 0) is 48.6 Å². The zero-order chi connectivity index (χ0) is 21.0. The van der Waals surface area contributed by atoms with E-state index in [0.29, 0.717) is 24.0 Å². The lowest BCUT2D eigenvalue weighted by Crippen LogP contribution is -2.43. The maximum atomic E-state index is 13.4. The highest BCUT2D eigenvalue weighted by Gasteiger charge is 2.24. The summed E-state index contributed by atoms with van der Waals surface area (Å²) in [5, 5.41) is 24.1. The molecule has 0 fully saturated rings. The van der Waals surface area contributed by atoms with Crippen molar-refractivity contribution in [3.63, 3.8) is 0 Å². The van der Waals surface area contributed by atoms with Crippen molar-refractivity contribution in [2.75, 3.05) is 18.5 Å². The van der Waals surface area contributed by atoms with Crippen LogP contribution in [0.3, 0.4) is 0 Å². The molecule has 1 aromatic carbocycles. The predicted octanol–water partition coefficient (Wildman–Crippen LogP) is 2.85. The number of nitrogens with one attached hydrogen (secondary N) is 2. The number of H-pyrrole nitrogens is 1. The zero-order valence-corrected chi connectivity index (χ0v) is 16.5. The van der Waals surface area contributed by atoms with Gasteiger partial charge in [0.1, 0.15) is 5.82 Å². The van der Waals surface area contributed by atoms with E-state index in [0.717, 1.165) is 10.9 Å². The Kier molecular flexibility index (Phi) is 6.81. The van der Waals surface area contributed by atoms with Crippen molar-refractivity contribution >= 4 is 28.1 Å². The Morgan fingerprint density at radius 2 is 2.14 bits per heavy atom. The molecule has 2 heterocycles. The minimum atomic E-state index is -1.15. The minimum absolute atomic E-state index is 0.0470. The van der Waals surface area contributed by atoms with Crippen LogP contribution in [0.2, 0.25) is 5.02 Å². The van der Waals surface area contributed by atoms with Crippen LogP contribution in [0.25, 0.3) is 10.8 Å². The van der Waals surface area contributed by atoms with Crippen LogP contribution in [-0.4, -0.2) is 44.6 Å². The van der Waals surface area contributed by atoms with Crippen molar-refractivity contribution < 1.29 is 14.6 Å². The van der Waals surface area contributed by atoms with Crippen LogP contribution in [0.15, 0.2) is 47.7 Å². The second-order valence-electron chi connectivity index (χ2n) is 6.63. The van der Waals surface area contributed by atoms with Gasteiger partial charge in [-0.25, -0.2) is 4.39 Å². The SMILES string of the molecule is CC(c1c[nH]c(=O)c2cnccc12)N(CCCO)C(O)Nc1ccc(F)c(Cl)c1. The molecule has 0 saturated heterocycles. The number of aliphatic hydroxyl groups excluding tert-OH is 2. The molecule has 0 aliphatic heterocycles. The van der Waals surface area contributed by atoms with E-state index in [1.807, 2.05) is 6.92 Å². The first kappa shape index (κ1) is 21.2. The summed E-state index contributed by atoms with van der Waals surface area (Å²) in [4.78, 5) is 20.5. The average Bonchev–Trinajstić information content (AvgIpc) is 2.71. The molecule has 2 unspecified atom stereocenters. The van der Waals surface area contributed by atoms with Gasteiger partial charge < -0.3 is 20.5 Å². The highest BCUT2D eigenvalue weighted by Crippen LogP contribution is 2.28. The summed E-state index contributed by atoms with van der Waals surface area (Å²) in [7, 11) is 0. The van der Waals surface area contributed by atoms with E-state index in [1.54, 1.807) is 23.4 Å². The van der Waals surface area contributed by atoms with Crippen molar-refractivity contribution in [1.29, 1.82) is 0 Å². The van der Waals surface area contributed by atoms with Gasteiger partial charge in [0, 0.05) is 43.5 Å². The monoisotopic (exact) mass is 420 g/mol. The van der Waals surface area contributed by atoms with Crippen LogP contribution in [0, 0.1) is 5.82 Å². The number of rotatable bonds is 8. The Hall–Kier alpha value is -2.52. The van der Waals surface area contributed by atoms with E-state index in [2.05, 4.69) is 15.3 Å². The second-order valence-corrected chi connectivity index (χ2v) is 7.04. The molecule has 29 heavy (non-hydrogen) atoms. The van der Waals surface area contributed by atoms with Gasteiger partial charge in [-0.15, -0.1) is 0 Å². The molecule has 0 radical (unpaired) electrons. The standard InChI is InChI=1S/C20H22ClFN4O3/c1-12(15-11-24-19(28)16-10-23-6-5-14(15)16)26(7-2-8-27)20(29)25-13-3-4-18(22)17(21)9-13/h3-6,9-12,20,25,27,29H,2,7-8H2,1H3,(H,24,28). The van der Waals surface area contributed by atoms with Crippen molar-refractivity contribution in [3.05, 3.63) is 69.6 Å². The van der Waals surface area contributed by atoms with E-state index < -0.39 is 12.2 Å².